The second-order valence-corrected chi connectivity index (χ2v) is 5.00. The molecule has 2 aromatic rings. The largest absolute Gasteiger partial charge is 0.477 e. The minimum atomic E-state index is -1.26. The molecule has 0 atom stereocenters. The number of nitrogens with zero attached hydrogens (tertiary/aromatic N) is 1. The maximum absolute atomic E-state index is 12.0. The number of pyridine rings is 1. The number of hydrogen-bond donors (Lipinski definition) is 2. The molecule has 94 valence electrons. The van der Waals surface area contributed by atoms with Crippen LogP contribution < -0.4 is 5.43 Å². The maximum atomic E-state index is 12.0. The molecule has 0 aliphatic heterocycles. The van der Waals surface area contributed by atoms with Crippen molar-refractivity contribution in [1.29, 1.82) is 0 Å². The SMILES string of the molecule is O=C(O)c1cn(CCO)c2cc(I)ccc2c1=O. The van der Waals surface area contributed by atoms with E-state index in [9.17, 15) is 9.59 Å². The highest BCUT2D eigenvalue weighted by Crippen LogP contribution is 2.16. The van der Waals surface area contributed by atoms with Gasteiger partial charge in [0.1, 0.15) is 5.56 Å². The Bertz CT molecular complexity index is 678. The van der Waals surface area contributed by atoms with Gasteiger partial charge in [-0.2, -0.15) is 0 Å². The molecule has 0 aliphatic carbocycles. The normalized spacial score (nSPS) is 10.8. The van der Waals surface area contributed by atoms with Gasteiger partial charge in [-0.25, -0.2) is 4.79 Å². The van der Waals surface area contributed by atoms with Gasteiger partial charge in [-0.05, 0) is 40.8 Å². The van der Waals surface area contributed by atoms with E-state index >= 15 is 0 Å². The molecule has 0 radical (unpaired) electrons. The predicted octanol–water partition coefficient (Wildman–Crippen LogP) is 1.30. The van der Waals surface area contributed by atoms with Gasteiger partial charge in [0.2, 0.25) is 5.43 Å². The highest BCUT2D eigenvalue weighted by atomic mass is 127. The van der Waals surface area contributed by atoms with Crippen molar-refractivity contribution in [1.82, 2.24) is 4.57 Å². The van der Waals surface area contributed by atoms with Crippen molar-refractivity contribution in [2.75, 3.05) is 6.61 Å². The van der Waals surface area contributed by atoms with E-state index in [-0.39, 0.29) is 18.7 Å². The maximum Gasteiger partial charge on any atom is 0.341 e. The summed E-state index contributed by atoms with van der Waals surface area (Å²) in [6, 6.07) is 5.15. The van der Waals surface area contributed by atoms with Crippen LogP contribution in [0.5, 0.6) is 0 Å². The fourth-order valence-electron chi connectivity index (χ4n) is 1.81. The fraction of sp³-hybridized carbons (Fsp3) is 0.167. The summed E-state index contributed by atoms with van der Waals surface area (Å²) in [5.74, 6) is -1.26. The average molecular weight is 359 g/mol. The van der Waals surface area contributed by atoms with Crippen LogP contribution in [-0.2, 0) is 6.54 Å². The molecule has 0 saturated heterocycles. The van der Waals surface area contributed by atoms with E-state index in [0.717, 1.165) is 3.57 Å². The molecule has 2 N–H and O–H groups in total. The quantitative estimate of drug-likeness (QED) is 0.810. The van der Waals surface area contributed by atoms with Crippen molar-refractivity contribution in [2.45, 2.75) is 6.54 Å². The van der Waals surface area contributed by atoms with Crippen molar-refractivity contribution in [2.24, 2.45) is 0 Å². The zero-order valence-corrected chi connectivity index (χ0v) is 11.4. The van der Waals surface area contributed by atoms with Crippen molar-refractivity contribution < 1.29 is 15.0 Å². The number of aliphatic hydroxyl groups is 1. The Morgan fingerprint density at radius 2 is 2.11 bits per heavy atom. The summed E-state index contributed by atoms with van der Waals surface area (Å²) in [4.78, 5) is 23.0. The highest BCUT2D eigenvalue weighted by molar-refractivity contribution is 14.1. The number of halogens is 1. The first-order valence-electron chi connectivity index (χ1n) is 5.21. The summed E-state index contributed by atoms with van der Waals surface area (Å²) in [6.45, 7) is 0.125. The molecular formula is C12H10INO4. The highest BCUT2D eigenvalue weighted by Gasteiger charge is 2.14. The van der Waals surface area contributed by atoms with E-state index in [2.05, 4.69) is 22.6 Å². The smallest absolute Gasteiger partial charge is 0.341 e. The number of carboxylic acids is 1. The summed E-state index contributed by atoms with van der Waals surface area (Å²) < 4.78 is 2.52. The van der Waals surface area contributed by atoms with Crippen molar-refractivity contribution in [3.8, 4) is 0 Å². The van der Waals surface area contributed by atoms with Gasteiger partial charge in [0, 0.05) is 21.7 Å². The van der Waals surface area contributed by atoms with Crippen LogP contribution in [0.25, 0.3) is 10.9 Å². The van der Waals surface area contributed by atoms with Gasteiger partial charge in [0.05, 0.1) is 12.1 Å². The molecule has 18 heavy (non-hydrogen) atoms. The van der Waals surface area contributed by atoms with Gasteiger partial charge >= 0.3 is 5.97 Å². The first-order valence-corrected chi connectivity index (χ1v) is 6.29. The number of aliphatic hydroxyl groups excluding tert-OH is 1. The Morgan fingerprint density at radius 1 is 1.39 bits per heavy atom. The topological polar surface area (TPSA) is 79.5 Å². The third-order valence-corrected chi connectivity index (χ3v) is 3.29. The summed E-state index contributed by atoms with van der Waals surface area (Å²) in [5, 5.41) is 18.3. The Labute approximate surface area is 116 Å². The summed E-state index contributed by atoms with van der Waals surface area (Å²) >= 11 is 2.11. The lowest BCUT2D eigenvalue weighted by Crippen LogP contribution is -2.19. The van der Waals surface area contributed by atoms with E-state index in [4.69, 9.17) is 10.2 Å². The molecule has 0 spiro atoms. The Morgan fingerprint density at radius 3 is 2.72 bits per heavy atom. The zero-order valence-electron chi connectivity index (χ0n) is 9.26. The van der Waals surface area contributed by atoms with E-state index in [1.807, 2.05) is 0 Å². The summed E-state index contributed by atoms with van der Waals surface area (Å²) in [6.07, 6.45) is 1.28. The van der Waals surface area contributed by atoms with E-state index in [1.165, 1.54) is 6.20 Å². The molecule has 0 fully saturated rings. The van der Waals surface area contributed by atoms with E-state index in [1.54, 1.807) is 22.8 Å². The summed E-state index contributed by atoms with van der Waals surface area (Å²) in [5.41, 5.74) is -0.147. The number of carbonyl (C=O) groups is 1. The van der Waals surface area contributed by atoms with Crippen LogP contribution >= 0.6 is 22.6 Å². The van der Waals surface area contributed by atoms with Crippen molar-refractivity contribution >= 4 is 39.5 Å². The molecule has 1 aromatic carbocycles. The molecule has 1 heterocycles. The molecule has 1 aromatic heterocycles. The Balaban J connectivity index is 2.87. The van der Waals surface area contributed by atoms with E-state index < -0.39 is 11.4 Å². The Hall–Kier alpha value is -1.41. The standard InChI is InChI=1S/C12H10INO4/c13-7-1-2-8-10(5-7)14(3-4-15)6-9(11(8)16)12(17)18/h1-2,5-6,15H,3-4H2,(H,17,18). The van der Waals surface area contributed by atoms with E-state index in [0.29, 0.717) is 10.9 Å². The molecule has 6 heteroatoms. The Kier molecular flexibility index (Phi) is 3.67. The van der Waals surface area contributed by atoms with Crippen LogP contribution in [0.15, 0.2) is 29.2 Å². The van der Waals surface area contributed by atoms with Crippen molar-refractivity contribution in [3.05, 3.63) is 43.8 Å². The number of rotatable bonds is 3. The molecule has 5 nitrogen and oxygen atoms in total. The average Bonchev–Trinajstić information content (AvgIpc) is 2.32. The second-order valence-electron chi connectivity index (χ2n) is 3.76. The number of aromatic carboxylic acids is 1. The number of benzene rings is 1. The van der Waals surface area contributed by atoms with Gasteiger partial charge in [-0.1, -0.05) is 0 Å². The third-order valence-electron chi connectivity index (χ3n) is 2.61. The third kappa shape index (κ3) is 2.25. The van der Waals surface area contributed by atoms with Gasteiger partial charge in [0.25, 0.3) is 0 Å². The van der Waals surface area contributed by atoms with Gasteiger partial charge in [-0.3, -0.25) is 4.79 Å². The monoisotopic (exact) mass is 359 g/mol. The number of fused-ring (bicyclic) bond motifs is 1. The summed E-state index contributed by atoms with van der Waals surface area (Å²) in [7, 11) is 0. The van der Waals surface area contributed by atoms with Gasteiger partial charge in [-0.15, -0.1) is 0 Å². The number of aromatic nitrogens is 1. The van der Waals surface area contributed by atoms with Crippen molar-refractivity contribution in [3.63, 3.8) is 0 Å². The first-order chi connectivity index (χ1) is 8.54. The molecule has 0 aliphatic rings. The lowest BCUT2D eigenvalue weighted by Gasteiger charge is -2.11. The minimum Gasteiger partial charge on any atom is -0.477 e. The molecule has 0 amide bonds. The molecule has 0 unspecified atom stereocenters. The number of carboxylic acid groups (broad SMARTS) is 1. The molecule has 0 bridgehead atoms. The lowest BCUT2D eigenvalue weighted by molar-refractivity contribution is 0.0694. The number of hydrogen-bond acceptors (Lipinski definition) is 3. The molecular weight excluding hydrogens is 349 g/mol. The van der Waals surface area contributed by atoms with Gasteiger partial charge < -0.3 is 14.8 Å². The zero-order chi connectivity index (χ0) is 13.3. The molecule has 0 saturated carbocycles. The van der Waals surface area contributed by atoms with Crippen LogP contribution in [0.4, 0.5) is 0 Å². The predicted molar refractivity (Wildman–Crippen MR) is 75.0 cm³/mol. The lowest BCUT2D eigenvalue weighted by atomic mass is 10.1. The van der Waals surface area contributed by atoms with Crippen LogP contribution in [0, 0.1) is 3.57 Å². The van der Waals surface area contributed by atoms with Crippen LogP contribution in [0.3, 0.4) is 0 Å². The minimum absolute atomic E-state index is 0.123. The second kappa shape index (κ2) is 5.07. The van der Waals surface area contributed by atoms with Crippen LogP contribution in [0.2, 0.25) is 0 Å². The fourth-order valence-corrected chi connectivity index (χ4v) is 2.28. The molecule has 2 rings (SSSR count). The first kappa shape index (κ1) is 13.0. The van der Waals surface area contributed by atoms with Crippen LogP contribution in [-0.4, -0.2) is 27.4 Å². The van der Waals surface area contributed by atoms with Crippen LogP contribution in [0.1, 0.15) is 10.4 Å². The van der Waals surface area contributed by atoms with Gasteiger partial charge in [0.15, 0.2) is 0 Å².